The Labute approximate surface area is 197 Å². The number of hydrogen-bond acceptors (Lipinski definition) is 6. The van der Waals surface area contributed by atoms with Gasteiger partial charge in [0.25, 0.3) is 11.8 Å². The summed E-state index contributed by atoms with van der Waals surface area (Å²) in [6.07, 6.45) is 9.07. The van der Waals surface area contributed by atoms with Crippen LogP contribution in [0, 0.1) is 0 Å². The van der Waals surface area contributed by atoms with Crippen LogP contribution < -0.4 is 11.1 Å². The van der Waals surface area contributed by atoms with Gasteiger partial charge in [0, 0.05) is 54.4 Å². The number of amides is 2. The van der Waals surface area contributed by atoms with Crippen LogP contribution in [0.15, 0.2) is 89.0 Å². The molecule has 8 heteroatoms. The number of fused-ring (bicyclic) bond motifs is 1. The van der Waals surface area contributed by atoms with Crippen molar-refractivity contribution in [1.82, 2.24) is 20.1 Å². The summed E-state index contributed by atoms with van der Waals surface area (Å²) < 4.78 is 0. The lowest BCUT2D eigenvalue weighted by Crippen LogP contribution is -2.43. The first-order chi connectivity index (χ1) is 16.4. The molecule has 1 fully saturated rings. The molecule has 0 bridgehead atoms. The lowest BCUT2D eigenvalue weighted by atomic mass is 9.94. The molecule has 2 aliphatic heterocycles. The lowest BCUT2D eigenvalue weighted by Gasteiger charge is -2.33. The number of nitrogens with one attached hydrogen (secondary N) is 2. The molecule has 2 amide bonds. The number of carbonyl (C=O) groups excluding carboxylic acids is 2. The van der Waals surface area contributed by atoms with E-state index in [0.29, 0.717) is 22.7 Å². The predicted octanol–water partition coefficient (Wildman–Crippen LogP) is 2.08. The Hall–Kier alpha value is -4.17. The van der Waals surface area contributed by atoms with Crippen molar-refractivity contribution in [1.29, 1.82) is 0 Å². The van der Waals surface area contributed by atoms with Gasteiger partial charge >= 0.3 is 0 Å². The highest BCUT2D eigenvalue weighted by Crippen LogP contribution is 2.33. The number of H-pyrrole nitrogens is 1. The maximum atomic E-state index is 12.9. The molecule has 0 atom stereocenters. The van der Waals surface area contributed by atoms with Gasteiger partial charge in [0.2, 0.25) is 0 Å². The number of hydrogen-bond donors (Lipinski definition) is 3. The molecule has 5 rings (SSSR count). The van der Waals surface area contributed by atoms with E-state index in [1.54, 1.807) is 12.3 Å². The van der Waals surface area contributed by atoms with Gasteiger partial charge in [-0.05, 0) is 19.2 Å². The molecule has 1 aromatic carbocycles. The lowest BCUT2D eigenvalue weighted by molar-refractivity contribution is -0.123. The normalized spacial score (nSPS) is 21.7. The number of aromatic amines is 1. The van der Waals surface area contributed by atoms with Gasteiger partial charge in [-0.15, -0.1) is 0 Å². The van der Waals surface area contributed by atoms with E-state index in [1.165, 1.54) is 0 Å². The van der Waals surface area contributed by atoms with E-state index in [-0.39, 0.29) is 16.8 Å². The highest BCUT2D eigenvalue weighted by molar-refractivity contribution is 6.39. The average molecular weight is 455 g/mol. The Morgan fingerprint density at radius 3 is 2.59 bits per heavy atom. The van der Waals surface area contributed by atoms with E-state index in [9.17, 15) is 9.59 Å². The van der Waals surface area contributed by atoms with Crippen LogP contribution in [0.25, 0.3) is 16.5 Å². The summed E-state index contributed by atoms with van der Waals surface area (Å²) in [5.74, 6) is -0.342. The Morgan fingerprint density at radius 2 is 1.79 bits per heavy atom. The molecule has 1 aromatic heterocycles. The molecule has 1 aliphatic carbocycles. The van der Waals surface area contributed by atoms with Crippen LogP contribution in [-0.4, -0.2) is 65.5 Å². The van der Waals surface area contributed by atoms with Crippen molar-refractivity contribution >= 4 is 34.0 Å². The monoisotopic (exact) mass is 454 g/mol. The molecular formula is C26H26N6O2. The third-order valence-corrected chi connectivity index (χ3v) is 6.37. The van der Waals surface area contributed by atoms with Gasteiger partial charge in [-0.25, -0.2) is 4.99 Å². The Kier molecular flexibility index (Phi) is 5.51. The number of allylic oxidation sites excluding steroid dienone is 5. The van der Waals surface area contributed by atoms with Crippen LogP contribution in [0.2, 0.25) is 0 Å². The average Bonchev–Trinajstić information content (AvgIpc) is 3.38. The number of benzene rings is 1. The van der Waals surface area contributed by atoms with E-state index in [1.807, 2.05) is 42.5 Å². The molecule has 34 heavy (non-hydrogen) atoms. The van der Waals surface area contributed by atoms with E-state index < -0.39 is 11.8 Å². The Balaban J connectivity index is 1.59. The first-order valence-corrected chi connectivity index (χ1v) is 11.2. The topological polar surface area (TPSA) is 107 Å². The molecule has 4 N–H and O–H groups in total. The molecule has 2 aromatic rings. The fourth-order valence-corrected chi connectivity index (χ4v) is 4.46. The zero-order chi connectivity index (χ0) is 23.8. The minimum absolute atomic E-state index is 0.155. The summed E-state index contributed by atoms with van der Waals surface area (Å²) >= 11 is 0. The fourth-order valence-electron chi connectivity index (χ4n) is 4.46. The number of aromatic nitrogens is 1. The molecule has 3 heterocycles. The van der Waals surface area contributed by atoms with Gasteiger partial charge < -0.3 is 20.5 Å². The van der Waals surface area contributed by atoms with Crippen molar-refractivity contribution in [3.8, 4) is 0 Å². The molecule has 8 nitrogen and oxygen atoms in total. The number of likely N-dealkylation sites (N-methyl/N-ethyl adjacent to an activating group) is 1. The minimum Gasteiger partial charge on any atom is -0.398 e. The largest absolute Gasteiger partial charge is 0.398 e. The fraction of sp³-hybridized carbons (Fsp3) is 0.192. The van der Waals surface area contributed by atoms with Crippen molar-refractivity contribution in [3.63, 3.8) is 0 Å². The number of carbonyl (C=O) groups is 2. The van der Waals surface area contributed by atoms with Crippen LogP contribution in [0.4, 0.5) is 0 Å². The summed E-state index contributed by atoms with van der Waals surface area (Å²) in [4.78, 5) is 38.0. The zero-order valence-corrected chi connectivity index (χ0v) is 19.0. The van der Waals surface area contributed by atoms with Crippen molar-refractivity contribution in [2.45, 2.75) is 0 Å². The van der Waals surface area contributed by atoms with Crippen molar-refractivity contribution in [2.24, 2.45) is 10.7 Å². The highest BCUT2D eigenvalue weighted by Gasteiger charge is 2.35. The highest BCUT2D eigenvalue weighted by atomic mass is 16.2. The van der Waals surface area contributed by atoms with E-state index >= 15 is 0 Å². The second-order valence-electron chi connectivity index (χ2n) is 8.53. The summed E-state index contributed by atoms with van der Waals surface area (Å²) in [7, 11) is 2.09. The van der Waals surface area contributed by atoms with Crippen LogP contribution >= 0.6 is 0 Å². The van der Waals surface area contributed by atoms with Crippen LogP contribution in [-0.2, 0) is 9.59 Å². The molecule has 0 spiro atoms. The molecule has 0 saturated carbocycles. The summed E-state index contributed by atoms with van der Waals surface area (Å²) in [5, 5.41) is 3.25. The van der Waals surface area contributed by atoms with E-state index in [4.69, 9.17) is 10.7 Å². The molecular weight excluding hydrogens is 428 g/mol. The number of nitrogens with two attached hydrogens (primary N) is 1. The number of piperazine rings is 1. The van der Waals surface area contributed by atoms with Crippen LogP contribution in [0.3, 0.4) is 0 Å². The molecule has 3 aliphatic rings. The van der Waals surface area contributed by atoms with Gasteiger partial charge in [0.15, 0.2) is 0 Å². The van der Waals surface area contributed by atoms with Gasteiger partial charge in [0.1, 0.15) is 5.82 Å². The first-order valence-electron chi connectivity index (χ1n) is 11.2. The van der Waals surface area contributed by atoms with Crippen molar-refractivity contribution < 1.29 is 9.59 Å². The number of rotatable bonds is 4. The predicted molar refractivity (Wildman–Crippen MR) is 134 cm³/mol. The van der Waals surface area contributed by atoms with Gasteiger partial charge in [-0.1, -0.05) is 43.0 Å². The second kappa shape index (κ2) is 8.64. The van der Waals surface area contributed by atoms with Crippen molar-refractivity contribution in [2.75, 3.05) is 33.2 Å². The molecule has 1 saturated heterocycles. The maximum absolute atomic E-state index is 12.9. The van der Waals surface area contributed by atoms with E-state index in [2.05, 4.69) is 33.7 Å². The van der Waals surface area contributed by atoms with Crippen LogP contribution in [0.5, 0.6) is 0 Å². The first kappa shape index (κ1) is 21.7. The Morgan fingerprint density at radius 1 is 1.06 bits per heavy atom. The van der Waals surface area contributed by atoms with Crippen LogP contribution in [0.1, 0.15) is 5.56 Å². The van der Waals surface area contributed by atoms with Crippen molar-refractivity contribution in [3.05, 3.63) is 89.6 Å². The molecule has 0 radical (unpaired) electrons. The third kappa shape index (κ3) is 3.78. The van der Waals surface area contributed by atoms with Gasteiger partial charge in [-0.2, -0.15) is 0 Å². The van der Waals surface area contributed by atoms with Gasteiger partial charge in [0.05, 0.1) is 22.6 Å². The number of nitrogens with zero attached hydrogens (tertiary/aromatic N) is 3. The quantitative estimate of drug-likeness (QED) is 0.614. The summed E-state index contributed by atoms with van der Waals surface area (Å²) in [5.41, 5.74) is 9.89. The van der Waals surface area contributed by atoms with Gasteiger partial charge in [-0.3, -0.25) is 14.9 Å². The van der Waals surface area contributed by atoms with E-state index in [0.717, 1.165) is 37.1 Å². The standard InChI is InChI=1S/C26H26N6O2/c1-16(32-13-11-31(2)12-14-32)29-21-10-6-4-8-18(21)24(27)23-22(25(33)30-26(23)34)19-15-28-20-9-5-3-7-17(19)20/h3-10,15,28H,1,11-14,27H2,2H3,(H,30,33,34)/b24-18-,29-21-. The number of para-hydroxylation sites is 1. The number of aliphatic imine (C=N–C) groups is 1. The minimum atomic E-state index is -0.518. The second-order valence-corrected chi connectivity index (χ2v) is 8.53. The zero-order valence-electron chi connectivity index (χ0n) is 19.0. The number of imide groups is 1. The maximum Gasteiger partial charge on any atom is 0.261 e. The molecule has 172 valence electrons. The molecule has 0 unspecified atom stereocenters. The third-order valence-electron chi connectivity index (χ3n) is 6.37. The Bertz CT molecular complexity index is 1360. The summed E-state index contributed by atoms with van der Waals surface area (Å²) in [6, 6.07) is 7.61. The SMILES string of the molecule is C=C(/N=C1/C=CC=C/C1=C(/N)C1=C(c2c[nH]c3ccccc23)C(=O)NC1=O)N1CCN(C)CC1. The smallest absolute Gasteiger partial charge is 0.261 e. The summed E-state index contributed by atoms with van der Waals surface area (Å²) in [6.45, 7) is 7.71.